The van der Waals surface area contributed by atoms with Crippen molar-refractivity contribution in [3.8, 4) is 17.2 Å². The van der Waals surface area contributed by atoms with Crippen LogP contribution < -0.4 is 5.32 Å². The minimum atomic E-state index is -1.10. The Balaban J connectivity index is 1.41. The van der Waals surface area contributed by atoms with Crippen LogP contribution in [0.5, 0.6) is 0 Å². The number of benzene rings is 1. The van der Waals surface area contributed by atoms with Crippen molar-refractivity contribution in [1.29, 1.82) is 5.26 Å². The van der Waals surface area contributed by atoms with Gasteiger partial charge >= 0.3 is 0 Å². The van der Waals surface area contributed by atoms with Crippen LogP contribution >= 0.6 is 34.5 Å². The zero-order chi connectivity index (χ0) is 28.0. The summed E-state index contributed by atoms with van der Waals surface area (Å²) in [6.07, 6.45) is 4.94. The minimum absolute atomic E-state index is 0.262. The predicted octanol–water partition coefficient (Wildman–Crippen LogP) is 5.28. The molecule has 3 aromatic heterocycles. The highest BCUT2D eigenvalue weighted by Crippen LogP contribution is 2.41. The molecule has 1 fully saturated rings. The number of nitriles is 1. The zero-order valence-electron chi connectivity index (χ0n) is 22.0. The molecule has 0 bridgehead atoms. The molecule has 1 aromatic carbocycles. The summed E-state index contributed by atoms with van der Waals surface area (Å²) in [5.74, 6) is 0. The lowest BCUT2D eigenvalue weighted by Crippen LogP contribution is -2.53. The van der Waals surface area contributed by atoms with Crippen molar-refractivity contribution < 1.29 is 10.2 Å². The van der Waals surface area contributed by atoms with Crippen molar-refractivity contribution in [2.24, 2.45) is 5.41 Å². The number of aliphatic hydroxyl groups is 2. The second-order valence-corrected chi connectivity index (χ2v) is 12.5. The van der Waals surface area contributed by atoms with Gasteiger partial charge in [-0.15, -0.1) is 11.3 Å². The smallest absolute Gasteiger partial charge is 0.188 e. The van der Waals surface area contributed by atoms with E-state index in [1.165, 1.54) is 0 Å². The molecule has 0 aliphatic carbocycles. The summed E-state index contributed by atoms with van der Waals surface area (Å²) in [5, 5.41) is 37.0. The van der Waals surface area contributed by atoms with Crippen molar-refractivity contribution in [3.05, 3.63) is 63.9 Å². The molecule has 40 heavy (non-hydrogen) atoms. The van der Waals surface area contributed by atoms with Gasteiger partial charge in [-0.3, -0.25) is 4.98 Å². The number of fused-ring (bicyclic) bond motifs is 2. The predicted molar refractivity (Wildman–Crippen MR) is 160 cm³/mol. The van der Waals surface area contributed by atoms with Gasteiger partial charge in [0.1, 0.15) is 6.23 Å². The molecule has 208 valence electrons. The molecule has 6 rings (SSSR count). The van der Waals surface area contributed by atoms with Crippen molar-refractivity contribution in [2.75, 3.05) is 19.6 Å². The van der Waals surface area contributed by atoms with Gasteiger partial charge < -0.3 is 25.0 Å². The molecular weight excluding hydrogens is 567 g/mol. The molecule has 11 heteroatoms. The number of hydrogen-bond donors (Lipinski definition) is 3. The molecule has 2 aliphatic heterocycles. The average molecular weight is 598 g/mol. The molecule has 3 N–H and O–H groups in total. The Morgan fingerprint density at radius 1 is 1.18 bits per heavy atom. The molecule has 0 radical (unpaired) electrons. The third-order valence-corrected chi connectivity index (χ3v) is 9.65. The van der Waals surface area contributed by atoms with E-state index in [-0.39, 0.29) is 5.03 Å². The third kappa shape index (κ3) is 4.88. The van der Waals surface area contributed by atoms with E-state index in [1.54, 1.807) is 33.5 Å². The number of halogens is 2. The summed E-state index contributed by atoms with van der Waals surface area (Å²) in [7, 11) is 0. The van der Waals surface area contributed by atoms with E-state index >= 15 is 0 Å². The molecule has 2 unspecified atom stereocenters. The Bertz CT molecular complexity index is 1640. The Morgan fingerprint density at radius 2 is 1.98 bits per heavy atom. The Kier molecular flexibility index (Phi) is 7.53. The number of nitrogens with zero attached hydrogens (tertiary/aromatic N) is 5. The molecule has 0 spiro atoms. The highest BCUT2D eigenvalue weighted by atomic mass is 35.5. The van der Waals surface area contributed by atoms with E-state index < -0.39 is 18.0 Å². The van der Waals surface area contributed by atoms with Gasteiger partial charge in [-0.05, 0) is 63.2 Å². The summed E-state index contributed by atoms with van der Waals surface area (Å²) in [6.45, 7) is 5.05. The van der Waals surface area contributed by atoms with Crippen LogP contribution in [0.25, 0.3) is 32.2 Å². The van der Waals surface area contributed by atoms with Crippen LogP contribution in [-0.4, -0.2) is 61.8 Å². The van der Waals surface area contributed by atoms with E-state index in [0.717, 1.165) is 63.1 Å². The van der Waals surface area contributed by atoms with Crippen molar-refractivity contribution >= 4 is 55.7 Å². The van der Waals surface area contributed by atoms with Gasteiger partial charge in [0.05, 0.1) is 32.2 Å². The molecule has 2 aliphatic rings. The number of thiophene rings is 1. The summed E-state index contributed by atoms with van der Waals surface area (Å²) in [4.78, 5) is 8.79. The van der Waals surface area contributed by atoms with E-state index in [2.05, 4.69) is 33.2 Å². The number of aliphatic hydroxyl groups excluding tert-OH is 2. The molecule has 8 nitrogen and oxygen atoms in total. The van der Waals surface area contributed by atoms with Crippen molar-refractivity contribution in [3.63, 3.8) is 0 Å². The van der Waals surface area contributed by atoms with Gasteiger partial charge in [0, 0.05) is 64.6 Å². The van der Waals surface area contributed by atoms with Crippen molar-refractivity contribution in [2.45, 2.75) is 45.4 Å². The first-order valence-corrected chi connectivity index (χ1v) is 14.9. The maximum absolute atomic E-state index is 10.9. The summed E-state index contributed by atoms with van der Waals surface area (Å²) in [5.41, 5.74) is 3.42. The van der Waals surface area contributed by atoms with Gasteiger partial charge in [0.25, 0.3) is 0 Å². The molecule has 2 atom stereocenters. The highest BCUT2D eigenvalue weighted by Gasteiger charge is 2.34. The van der Waals surface area contributed by atoms with Gasteiger partial charge in [0.2, 0.25) is 0 Å². The second-order valence-electron chi connectivity index (χ2n) is 10.5. The topological polar surface area (TPSA) is 101 Å². The lowest BCUT2D eigenvalue weighted by Gasteiger charge is -2.41. The Hall–Kier alpha value is -2.68. The monoisotopic (exact) mass is 596 g/mol. The van der Waals surface area contributed by atoms with Crippen LogP contribution in [0.1, 0.15) is 24.6 Å². The first-order chi connectivity index (χ1) is 19.3. The van der Waals surface area contributed by atoms with Gasteiger partial charge in [-0.2, -0.15) is 5.26 Å². The van der Waals surface area contributed by atoms with E-state index in [4.69, 9.17) is 23.2 Å². The fourth-order valence-electron chi connectivity index (χ4n) is 5.83. The van der Waals surface area contributed by atoms with Crippen LogP contribution in [0.4, 0.5) is 0 Å². The van der Waals surface area contributed by atoms with Gasteiger partial charge in [0.15, 0.2) is 6.35 Å². The number of nitrogens with one attached hydrogen (secondary N) is 1. The quantitative estimate of drug-likeness (QED) is 0.278. The summed E-state index contributed by atoms with van der Waals surface area (Å²) >= 11 is 14.5. The lowest BCUT2D eigenvalue weighted by molar-refractivity contribution is -0.160. The molecule has 1 saturated heterocycles. The standard InChI is InChI=1S/C29H30Cl2N6O2S/c1-2-35-15-23(31)27(38)37(28(35)39)14-20-13-24-26(40-20)21(3-7-34-24)22-12-19(30)11-18-4-10-36(25(18)22)17-29(16-32)5-8-33-9-6-29/h3-4,7,10-13,15,27-28,33,38-39H,2,5-6,8-9,14,17H2,1H3. The molecule has 5 heterocycles. The van der Waals surface area contributed by atoms with Crippen LogP contribution in [0, 0.1) is 16.7 Å². The largest absolute Gasteiger partial charge is 0.373 e. The van der Waals surface area contributed by atoms with E-state index in [0.29, 0.717) is 24.7 Å². The fourth-order valence-corrected chi connectivity index (χ4v) is 7.46. The van der Waals surface area contributed by atoms with Crippen molar-refractivity contribution in [1.82, 2.24) is 24.7 Å². The average Bonchev–Trinajstić information content (AvgIpc) is 3.56. The van der Waals surface area contributed by atoms with Gasteiger partial charge in [-0.25, -0.2) is 4.90 Å². The summed E-state index contributed by atoms with van der Waals surface area (Å²) in [6, 6.07) is 12.6. The van der Waals surface area contributed by atoms with Gasteiger partial charge in [-0.1, -0.05) is 23.2 Å². The number of piperidine rings is 1. The molecule has 4 aromatic rings. The second kappa shape index (κ2) is 11.0. The first kappa shape index (κ1) is 27.5. The van der Waals surface area contributed by atoms with Crippen LogP contribution in [-0.2, 0) is 13.1 Å². The molecular formula is C29H30Cl2N6O2S. The number of hydrogen-bond acceptors (Lipinski definition) is 8. The molecule has 0 saturated carbocycles. The third-order valence-electron chi connectivity index (χ3n) is 8.00. The van der Waals surface area contributed by atoms with Crippen LogP contribution in [0.3, 0.4) is 0 Å². The first-order valence-electron chi connectivity index (χ1n) is 13.4. The summed E-state index contributed by atoms with van der Waals surface area (Å²) < 4.78 is 3.19. The maximum atomic E-state index is 10.9. The number of pyridine rings is 1. The lowest BCUT2D eigenvalue weighted by atomic mass is 9.80. The van der Waals surface area contributed by atoms with Crippen LogP contribution in [0.2, 0.25) is 5.02 Å². The Labute approximate surface area is 246 Å². The molecule has 0 amide bonds. The fraction of sp³-hybridized carbons (Fsp3) is 0.379. The number of aromatic nitrogens is 2. The Morgan fingerprint density at radius 3 is 2.73 bits per heavy atom. The maximum Gasteiger partial charge on any atom is 0.188 e. The normalized spacial score (nSPS) is 21.6. The highest BCUT2D eigenvalue weighted by molar-refractivity contribution is 7.19. The number of rotatable bonds is 6. The van der Waals surface area contributed by atoms with E-state index in [9.17, 15) is 15.5 Å². The SMILES string of the molecule is CCN1C=C(Cl)C(O)N(Cc2cc3nccc(-c4cc(Cl)cc5ccn(CC6(C#N)CCNCC6)c45)c3s2)C1O. The zero-order valence-corrected chi connectivity index (χ0v) is 24.3. The minimum Gasteiger partial charge on any atom is -0.373 e. The van der Waals surface area contributed by atoms with Crippen LogP contribution in [0.15, 0.2) is 54.0 Å². The van der Waals surface area contributed by atoms with E-state index in [1.807, 2.05) is 31.2 Å².